The minimum Gasteiger partial charge on any atom is -0.489 e. The first-order chi connectivity index (χ1) is 10.1. The molecule has 110 valence electrons. The fraction of sp³-hybridized carbons (Fsp3) is 0.278. The molecule has 0 N–H and O–H groups in total. The molecule has 2 nitrogen and oxygen atoms in total. The summed E-state index contributed by atoms with van der Waals surface area (Å²) in [6.07, 6.45) is 1.12. The van der Waals surface area contributed by atoms with Crippen LogP contribution < -0.4 is 4.74 Å². The molecule has 1 unspecified atom stereocenters. The van der Waals surface area contributed by atoms with Gasteiger partial charge in [-0.15, -0.1) is 0 Å². The lowest BCUT2D eigenvalue weighted by Crippen LogP contribution is -2.02. The highest BCUT2D eigenvalue weighted by Crippen LogP contribution is 2.22. The van der Waals surface area contributed by atoms with Crippen molar-refractivity contribution in [2.24, 2.45) is 0 Å². The summed E-state index contributed by atoms with van der Waals surface area (Å²) in [4.78, 5) is 11.3. The summed E-state index contributed by atoms with van der Waals surface area (Å²) in [6, 6.07) is 15.3. The van der Waals surface area contributed by atoms with Crippen molar-refractivity contribution in [3.8, 4) is 5.75 Å². The molecule has 0 radical (unpaired) electrons. The summed E-state index contributed by atoms with van der Waals surface area (Å²) in [7, 11) is 0. The molecule has 0 amide bonds. The van der Waals surface area contributed by atoms with Crippen LogP contribution in [0, 0.1) is 0 Å². The maximum atomic E-state index is 11.3. The van der Waals surface area contributed by atoms with E-state index in [9.17, 15) is 4.79 Å². The molecule has 3 heteroatoms. The van der Waals surface area contributed by atoms with E-state index in [1.165, 1.54) is 5.56 Å². The second kappa shape index (κ2) is 7.28. The van der Waals surface area contributed by atoms with Crippen LogP contribution in [0.4, 0.5) is 0 Å². The summed E-state index contributed by atoms with van der Waals surface area (Å²) in [5.41, 5.74) is 2.60. The van der Waals surface area contributed by atoms with Gasteiger partial charge in [-0.25, -0.2) is 0 Å². The maximum Gasteiger partial charge on any atom is 0.252 e. The van der Waals surface area contributed by atoms with Gasteiger partial charge < -0.3 is 4.74 Å². The lowest BCUT2D eigenvalue weighted by Gasteiger charge is -2.11. The zero-order chi connectivity index (χ0) is 15.2. The second-order valence-electron chi connectivity index (χ2n) is 5.10. The predicted octanol–water partition coefficient (Wildman–Crippen LogP) is 5.16. The average molecular weight is 303 g/mol. The summed E-state index contributed by atoms with van der Waals surface area (Å²) in [6.45, 7) is 4.71. The van der Waals surface area contributed by atoms with Crippen molar-refractivity contribution in [2.45, 2.75) is 32.8 Å². The number of hydrogen-bond donors (Lipinski definition) is 0. The van der Waals surface area contributed by atoms with E-state index in [-0.39, 0.29) is 0 Å². The van der Waals surface area contributed by atoms with Crippen LogP contribution in [0.25, 0.3) is 0 Å². The molecule has 0 saturated heterocycles. The Morgan fingerprint density at radius 1 is 1.14 bits per heavy atom. The molecule has 0 fully saturated rings. The number of ether oxygens (including phenoxy) is 1. The standard InChI is InChI=1S/C18H19ClO2/c1-3-13(2)14-8-10-16(11-9-14)21-12-15-6-4-5-7-17(15)18(19)20/h4-11,13H,3,12H2,1-2H3. The van der Waals surface area contributed by atoms with Gasteiger partial charge in [-0.1, -0.05) is 44.2 Å². The number of carbonyl (C=O) groups is 1. The minimum absolute atomic E-state index is 0.331. The maximum absolute atomic E-state index is 11.3. The van der Waals surface area contributed by atoms with Crippen LogP contribution in [0.3, 0.4) is 0 Å². The van der Waals surface area contributed by atoms with Gasteiger partial charge in [-0.05, 0) is 47.7 Å². The smallest absolute Gasteiger partial charge is 0.252 e. The fourth-order valence-electron chi connectivity index (χ4n) is 2.13. The Hall–Kier alpha value is -1.80. The van der Waals surface area contributed by atoms with Gasteiger partial charge in [0, 0.05) is 11.1 Å². The molecule has 0 heterocycles. The van der Waals surface area contributed by atoms with Gasteiger partial charge in [0.2, 0.25) is 0 Å². The van der Waals surface area contributed by atoms with Crippen molar-refractivity contribution < 1.29 is 9.53 Å². The first-order valence-electron chi connectivity index (χ1n) is 7.12. The van der Waals surface area contributed by atoms with Gasteiger partial charge in [-0.2, -0.15) is 0 Å². The van der Waals surface area contributed by atoms with Gasteiger partial charge in [-0.3, -0.25) is 4.79 Å². The summed E-state index contributed by atoms with van der Waals surface area (Å²) in [5, 5.41) is -0.457. The Balaban J connectivity index is 2.05. The van der Waals surface area contributed by atoms with E-state index in [1.807, 2.05) is 24.3 Å². The van der Waals surface area contributed by atoms with Crippen LogP contribution in [0.1, 0.15) is 47.7 Å². The van der Waals surface area contributed by atoms with E-state index in [1.54, 1.807) is 12.1 Å². The number of carbonyl (C=O) groups excluding carboxylic acids is 1. The Kier molecular flexibility index (Phi) is 5.40. The van der Waals surface area contributed by atoms with Crippen LogP contribution in [0.5, 0.6) is 5.75 Å². The largest absolute Gasteiger partial charge is 0.489 e. The van der Waals surface area contributed by atoms with E-state index < -0.39 is 5.24 Å². The van der Waals surface area contributed by atoms with Crippen molar-refractivity contribution in [3.05, 3.63) is 65.2 Å². The Morgan fingerprint density at radius 2 is 1.81 bits per heavy atom. The lowest BCUT2D eigenvalue weighted by atomic mass is 9.99. The summed E-state index contributed by atoms with van der Waals surface area (Å²) >= 11 is 5.57. The van der Waals surface area contributed by atoms with Crippen molar-refractivity contribution in [1.29, 1.82) is 0 Å². The molecule has 0 bridgehead atoms. The fourth-order valence-corrected chi connectivity index (χ4v) is 2.31. The first kappa shape index (κ1) is 15.6. The van der Waals surface area contributed by atoms with E-state index in [0.717, 1.165) is 17.7 Å². The number of rotatable bonds is 6. The van der Waals surface area contributed by atoms with Crippen molar-refractivity contribution in [1.82, 2.24) is 0 Å². The second-order valence-corrected chi connectivity index (χ2v) is 5.44. The van der Waals surface area contributed by atoms with Crippen molar-refractivity contribution in [3.63, 3.8) is 0 Å². The van der Waals surface area contributed by atoms with Gasteiger partial charge in [0.1, 0.15) is 12.4 Å². The third kappa shape index (κ3) is 4.08. The third-order valence-corrected chi connectivity index (χ3v) is 3.89. The van der Waals surface area contributed by atoms with Gasteiger partial charge in [0.05, 0.1) is 0 Å². The predicted molar refractivity (Wildman–Crippen MR) is 86.1 cm³/mol. The minimum atomic E-state index is -0.457. The zero-order valence-electron chi connectivity index (χ0n) is 12.3. The molecular formula is C18H19ClO2. The van der Waals surface area contributed by atoms with E-state index in [4.69, 9.17) is 16.3 Å². The molecule has 21 heavy (non-hydrogen) atoms. The summed E-state index contributed by atoms with van der Waals surface area (Å²) in [5.74, 6) is 1.34. The Morgan fingerprint density at radius 3 is 2.43 bits per heavy atom. The number of hydrogen-bond acceptors (Lipinski definition) is 2. The highest BCUT2D eigenvalue weighted by Gasteiger charge is 2.09. The van der Waals surface area contributed by atoms with E-state index in [2.05, 4.69) is 26.0 Å². The van der Waals surface area contributed by atoms with Crippen LogP contribution in [-0.4, -0.2) is 5.24 Å². The molecule has 0 aliphatic rings. The molecule has 2 rings (SSSR count). The molecule has 0 aromatic heterocycles. The molecule has 1 atom stereocenters. The van der Waals surface area contributed by atoms with Gasteiger partial charge >= 0.3 is 0 Å². The quantitative estimate of drug-likeness (QED) is 0.689. The van der Waals surface area contributed by atoms with Crippen LogP contribution in [0.2, 0.25) is 0 Å². The third-order valence-electron chi connectivity index (χ3n) is 3.68. The zero-order valence-corrected chi connectivity index (χ0v) is 13.1. The number of benzene rings is 2. The van der Waals surface area contributed by atoms with E-state index >= 15 is 0 Å². The average Bonchev–Trinajstić information content (AvgIpc) is 2.52. The van der Waals surface area contributed by atoms with Crippen LogP contribution >= 0.6 is 11.6 Å². The van der Waals surface area contributed by atoms with Crippen LogP contribution in [-0.2, 0) is 6.61 Å². The topological polar surface area (TPSA) is 26.3 Å². The molecule has 2 aromatic rings. The highest BCUT2D eigenvalue weighted by molar-refractivity contribution is 6.67. The molecule has 0 spiro atoms. The van der Waals surface area contributed by atoms with Gasteiger partial charge in [0.25, 0.3) is 5.24 Å². The Bertz CT molecular complexity index is 605. The Labute approximate surface area is 130 Å². The monoisotopic (exact) mass is 302 g/mol. The van der Waals surface area contributed by atoms with Gasteiger partial charge in [0.15, 0.2) is 0 Å². The molecule has 2 aromatic carbocycles. The molecule has 0 aliphatic heterocycles. The lowest BCUT2D eigenvalue weighted by molar-refractivity contribution is 0.107. The first-order valence-corrected chi connectivity index (χ1v) is 7.50. The SMILES string of the molecule is CCC(C)c1ccc(OCc2ccccc2C(=O)Cl)cc1. The van der Waals surface area contributed by atoms with Crippen molar-refractivity contribution >= 4 is 16.8 Å². The summed E-state index contributed by atoms with van der Waals surface area (Å²) < 4.78 is 5.74. The highest BCUT2D eigenvalue weighted by atomic mass is 35.5. The molecule has 0 saturated carbocycles. The normalized spacial score (nSPS) is 12.0. The molecule has 0 aliphatic carbocycles. The van der Waals surface area contributed by atoms with Crippen molar-refractivity contribution in [2.75, 3.05) is 0 Å². The number of halogens is 1. The van der Waals surface area contributed by atoms with Crippen LogP contribution in [0.15, 0.2) is 48.5 Å². The molecular weight excluding hydrogens is 284 g/mol. The van der Waals surface area contributed by atoms with E-state index in [0.29, 0.717) is 18.1 Å².